The molecule has 1 heterocycles. The normalized spacial score (nSPS) is 20.7. The van der Waals surface area contributed by atoms with Crippen LogP contribution in [0.2, 0.25) is 0 Å². The van der Waals surface area contributed by atoms with Crippen LogP contribution in [-0.2, 0) is 4.74 Å². The lowest BCUT2D eigenvalue weighted by Crippen LogP contribution is -2.49. The Morgan fingerprint density at radius 3 is 2.64 bits per heavy atom. The number of morpholine rings is 1. The fraction of sp³-hybridized carbons (Fsp3) is 0.381. The molecule has 1 fully saturated rings. The second-order valence-electron chi connectivity index (χ2n) is 6.73. The van der Waals surface area contributed by atoms with Crippen molar-refractivity contribution in [3.05, 3.63) is 71.3 Å². The first kappa shape index (κ1) is 17.6. The molecule has 0 spiro atoms. The zero-order chi connectivity index (χ0) is 17.8. The van der Waals surface area contributed by atoms with Gasteiger partial charge < -0.3 is 14.7 Å². The van der Waals surface area contributed by atoms with Gasteiger partial charge in [0, 0.05) is 12.1 Å². The molecule has 4 heteroatoms. The van der Waals surface area contributed by atoms with Crippen molar-refractivity contribution in [1.29, 1.82) is 0 Å². The van der Waals surface area contributed by atoms with E-state index in [2.05, 4.69) is 13.8 Å². The van der Waals surface area contributed by atoms with Crippen molar-refractivity contribution < 1.29 is 14.6 Å². The van der Waals surface area contributed by atoms with E-state index in [-0.39, 0.29) is 18.6 Å². The summed E-state index contributed by atoms with van der Waals surface area (Å²) in [5.74, 6) is 0.352. The summed E-state index contributed by atoms with van der Waals surface area (Å²) >= 11 is 0. The molecule has 2 atom stereocenters. The molecule has 3 rings (SSSR count). The topological polar surface area (TPSA) is 49.8 Å². The number of aliphatic hydroxyl groups excluding tert-OH is 1. The summed E-state index contributed by atoms with van der Waals surface area (Å²) in [6, 6.07) is 17.3. The summed E-state index contributed by atoms with van der Waals surface area (Å²) in [4.78, 5) is 15.0. The molecule has 2 aromatic carbocycles. The fourth-order valence-corrected chi connectivity index (χ4v) is 3.36. The molecule has 1 aliphatic rings. The maximum absolute atomic E-state index is 13.2. The minimum Gasteiger partial charge on any atom is -0.394 e. The van der Waals surface area contributed by atoms with E-state index in [4.69, 9.17) is 4.74 Å². The number of hydrogen-bond donors (Lipinski definition) is 1. The first-order valence-electron chi connectivity index (χ1n) is 8.80. The molecular weight excluding hydrogens is 314 g/mol. The van der Waals surface area contributed by atoms with Gasteiger partial charge in [-0.3, -0.25) is 4.79 Å². The van der Waals surface area contributed by atoms with Crippen LogP contribution >= 0.6 is 0 Å². The van der Waals surface area contributed by atoms with E-state index in [0.29, 0.717) is 24.6 Å². The Kier molecular flexibility index (Phi) is 5.51. The molecule has 1 aliphatic heterocycles. The Morgan fingerprint density at radius 2 is 1.96 bits per heavy atom. The summed E-state index contributed by atoms with van der Waals surface area (Å²) in [7, 11) is 0. The molecule has 0 unspecified atom stereocenters. The van der Waals surface area contributed by atoms with Crippen LogP contribution in [0.4, 0.5) is 0 Å². The van der Waals surface area contributed by atoms with Crippen LogP contribution in [0.3, 0.4) is 0 Å². The van der Waals surface area contributed by atoms with Gasteiger partial charge in [0.05, 0.1) is 19.3 Å². The SMILES string of the molecule is CC(C)c1cccc(C(=O)N2CCO[C@H](CO)[C@H]2c2ccccc2)c1. The maximum Gasteiger partial charge on any atom is 0.254 e. The van der Waals surface area contributed by atoms with Crippen LogP contribution in [0.5, 0.6) is 0 Å². The number of amides is 1. The average Bonchev–Trinajstić information content (AvgIpc) is 2.67. The molecule has 25 heavy (non-hydrogen) atoms. The number of ether oxygens (including phenoxy) is 1. The summed E-state index contributed by atoms with van der Waals surface area (Å²) < 4.78 is 5.73. The Balaban J connectivity index is 1.95. The van der Waals surface area contributed by atoms with Crippen LogP contribution in [-0.4, -0.2) is 41.8 Å². The van der Waals surface area contributed by atoms with E-state index in [1.54, 1.807) is 0 Å². The summed E-state index contributed by atoms with van der Waals surface area (Å²) in [5, 5.41) is 9.75. The summed E-state index contributed by atoms with van der Waals surface area (Å²) in [6.07, 6.45) is -0.409. The van der Waals surface area contributed by atoms with Gasteiger partial charge in [0.2, 0.25) is 0 Å². The van der Waals surface area contributed by atoms with Crippen molar-refractivity contribution in [2.75, 3.05) is 19.8 Å². The van der Waals surface area contributed by atoms with Gasteiger partial charge in [-0.2, -0.15) is 0 Å². The van der Waals surface area contributed by atoms with Gasteiger partial charge in [-0.1, -0.05) is 56.3 Å². The van der Waals surface area contributed by atoms with Crippen LogP contribution in [0.15, 0.2) is 54.6 Å². The van der Waals surface area contributed by atoms with E-state index in [0.717, 1.165) is 11.1 Å². The van der Waals surface area contributed by atoms with Gasteiger partial charge in [-0.25, -0.2) is 0 Å². The molecule has 1 saturated heterocycles. The predicted molar refractivity (Wildman–Crippen MR) is 97.6 cm³/mol. The number of rotatable bonds is 4. The monoisotopic (exact) mass is 339 g/mol. The summed E-state index contributed by atoms with van der Waals surface area (Å²) in [5.41, 5.74) is 2.81. The molecule has 0 radical (unpaired) electrons. The van der Waals surface area contributed by atoms with E-state index in [1.807, 2.05) is 59.5 Å². The minimum atomic E-state index is -0.409. The lowest BCUT2D eigenvalue weighted by Gasteiger charge is -2.41. The number of benzene rings is 2. The minimum absolute atomic E-state index is 0.0156. The Labute approximate surface area is 149 Å². The molecule has 2 aromatic rings. The van der Waals surface area contributed by atoms with E-state index < -0.39 is 6.10 Å². The van der Waals surface area contributed by atoms with Crippen molar-refractivity contribution in [3.63, 3.8) is 0 Å². The van der Waals surface area contributed by atoms with Gasteiger partial charge in [0.25, 0.3) is 5.91 Å². The zero-order valence-corrected chi connectivity index (χ0v) is 14.8. The fourth-order valence-electron chi connectivity index (χ4n) is 3.36. The molecule has 0 aliphatic carbocycles. The van der Waals surface area contributed by atoms with Crippen molar-refractivity contribution >= 4 is 5.91 Å². The first-order valence-corrected chi connectivity index (χ1v) is 8.80. The second kappa shape index (κ2) is 7.81. The van der Waals surface area contributed by atoms with E-state index >= 15 is 0 Å². The first-order chi connectivity index (χ1) is 12.1. The van der Waals surface area contributed by atoms with Crippen LogP contribution in [0, 0.1) is 0 Å². The molecule has 0 bridgehead atoms. The molecule has 1 N–H and O–H groups in total. The third kappa shape index (κ3) is 3.75. The van der Waals surface area contributed by atoms with Crippen LogP contribution in [0.1, 0.15) is 47.3 Å². The number of carbonyl (C=O) groups excluding carboxylic acids is 1. The highest BCUT2D eigenvalue weighted by atomic mass is 16.5. The molecule has 132 valence electrons. The van der Waals surface area contributed by atoms with Crippen molar-refractivity contribution in [3.8, 4) is 0 Å². The summed E-state index contributed by atoms with van der Waals surface area (Å²) in [6.45, 7) is 5.07. The smallest absolute Gasteiger partial charge is 0.254 e. The lowest BCUT2D eigenvalue weighted by molar-refractivity contribution is -0.0811. The predicted octanol–water partition coefficient (Wildman–Crippen LogP) is 3.38. The molecule has 0 aromatic heterocycles. The third-order valence-corrected chi connectivity index (χ3v) is 4.73. The van der Waals surface area contributed by atoms with Crippen LogP contribution < -0.4 is 0 Å². The molecule has 4 nitrogen and oxygen atoms in total. The Morgan fingerprint density at radius 1 is 1.20 bits per heavy atom. The van der Waals surface area contributed by atoms with Crippen LogP contribution in [0.25, 0.3) is 0 Å². The van der Waals surface area contributed by atoms with Crippen molar-refractivity contribution in [2.24, 2.45) is 0 Å². The second-order valence-corrected chi connectivity index (χ2v) is 6.73. The van der Waals surface area contributed by atoms with Crippen molar-refractivity contribution in [1.82, 2.24) is 4.90 Å². The number of nitrogens with zero attached hydrogens (tertiary/aromatic N) is 1. The van der Waals surface area contributed by atoms with E-state index in [1.165, 1.54) is 0 Å². The van der Waals surface area contributed by atoms with Gasteiger partial charge in [0.1, 0.15) is 6.10 Å². The Bertz CT molecular complexity index is 714. The third-order valence-electron chi connectivity index (χ3n) is 4.73. The highest BCUT2D eigenvalue weighted by Gasteiger charge is 2.36. The van der Waals surface area contributed by atoms with Gasteiger partial charge >= 0.3 is 0 Å². The Hall–Kier alpha value is -2.17. The van der Waals surface area contributed by atoms with Gasteiger partial charge in [0.15, 0.2) is 0 Å². The molecule has 1 amide bonds. The van der Waals surface area contributed by atoms with Gasteiger partial charge in [-0.05, 0) is 29.2 Å². The lowest BCUT2D eigenvalue weighted by atomic mass is 9.96. The molecule has 0 saturated carbocycles. The van der Waals surface area contributed by atoms with Gasteiger partial charge in [-0.15, -0.1) is 0 Å². The largest absolute Gasteiger partial charge is 0.394 e. The highest BCUT2D eigenvalue weighted by Crippen LogP contribution is 2.31. The average molecular weight is 339 g/mol. The zero-order valence-electron chi connectivity index (χ0n) is 14.8. The number of hydrogen-bond acceptors (Lipinski definition) is 3. The maximum atomic E-state index is 13.2. The van der Waals surface area contributed by atoms with E-state index in [9.17, 15) is 9.90 Å². The standard InChI is InChI=1S/C21H25NO3/c1-15(2)17-9-6-10-18(13-17)21(24)22-11-12-25-19(14-23)20(22)16-7-4-3-5-8-16/h3-10,13,15,19-20,23H,11-12,14H2,1-2H3/t19-,20-/m1/s1. The quantitative estimate of drug-likeness (QED) is 0.929. The molecular formula is C21H25NO3. The van der Waals surface area contributed by atoms with Crippen molar-refractivity contribution in [2.45, 2.75) is 31.9 Å². The highest BCUT2D eigenvalue weighted by molar-refractivity contribution is 5.94. The number of aliphatic hydroxyl groups is 1. The number of carbonyl (C=O) groups is 1.